The molecule has 0 radical (unpaired) electrons. The third-order valence-corrected chi connectivity index (χ3v) is 2.27. The third-order valence-electron chi connectivity index (χ3n) is 2.27. The molecular formula is C9H16N2O. The van der Waals surface area contributed by atoms with Gasteiger partial charge in [-0.2, -0.15) is 0 Å². The predicted octanol–water partition coefficient (Wildman–Crippen LogP) is 1.49. The second-order valence-electron chi connectivity index (χ2n) is 4.31. The number of primary amides is 1. The maximum Gasteiger partial charge on any atom is 0.316 e. The van der Waals surface area contributed by atoms with E-state index in [-0.39, 0.29) is 17.1 Å². The molecule has 0 fully saturated rings. The lowest BCUT2D eigenvalue weighted by molar-refractivity contribution is 0.127. The van der Waals surface area contributed by atoms with Gasteiger partial charge in [0.15, 0.2) is 0 Å². The van der Waals surface area contributed by atoms with Crippen LogP contribution in [0.5, 0.6) is 0 Å². The average Bonchev–Trinajstić information content (AvgIpc) is 2.01. The first-order valence-corrected chi connectivity index (χ1v) is 4.07. The lowest BCUT2D eigenvalue weighted by atomic mass is 10.0. The van der Waals surface area contributed by atoms with E-state index in [1.54, 1.807) is 4.90 Å². The predicted molar refractivity (Wildman–Crippen MR) is 48.7 cm³/mol. The molecule has 0 spiro atoms. The van der Waals surface area contributed by atoms with Crippen LogP contribution in [0.15, 0.2) is 12.2 Å². The van der Waals surface area contributed by atoms with Gasteiger partial charge in [-0.1, -0.05) is 12.2 Å². The minimum atomic E-state index is -0.366. The highest BCUT2D eigenvalue weighted by Gasteiger charge is 2.42. The number of amides is 2. The number of carbonyl (C=O) groups excluding carboxylic acids is 1. The van der Waals surface area contributed by atoms with Crippen LogP contribution in [-0.4, -0.2) is 22.0 Å². The standard InChI is InChI=1S/C9H16N2O/c1-8(2)5-6-9(3,4)11(8)7(10)12/h5-6H,1-4H3,(H2,10,12). The van der Waals surface area contributed by atoms with Crippen molar-refractivity contribution >= 4 is 6.03 Å². The van der Waals surface area contributed by atoms with Gasteiger partial charge in [-0.05, 0) is 27.7 Å². The van der Waals surface area contributed by atoms with Crippen LogP contribution in [-0.2, 0) is 0 Å². The maximum absolute atomic E-state index is 11.1. The minimum absolute atomic E-state index is 0.255. The molecule has 0 aromatic carbocycles. The van der Waals surface area contributed by atoms with Gasteiger partial charge in [0.05, 0.1) is 11.1 Å². The van der Waals surface area contributed by atoms with Gasteiger partial charge in [-0.3, -0.25) is 0 Å². The van der Waals surface area contributed by atoms with Crippen LogP contribution in [0.3, 0.4) is 0 Å². The van der Waals surface area contributed by atoms with Crippen LogP contribution in [0.1, 0.15) is 27.7 Å². The first-order valence-electron chi connectivity index (χ1n) is 4.07. The van der Waals surface area contributed by atoms with Gasteiger partial charge in [0.25, 0.3) is 0 Å². The number of hydrogen-bond acceptors (Lipinski definition) is 1. The molecule has 3 heteroatoms. The zero-order valence-electron chi connectivity index (χ0n) is 8.09. The SMILES string of the molecule is CC1(C)C=CC(C)(C)N1C(N)=O. The Morgan fingerprint density at radius 1 is 1.17 bits per heavy atom. The van der Waals surface area contributed by atoms with Crippen molar-refractivity contribution in [3.8, 4) is 0 Å². The van der Waals surface area contributed by atoms with Crippen molar-refractivity contribution in [1.82, 2.24) is 4.90 Å². The van der Waals surface area contributed by atoms with E-state index >= 15 is 0 Å². The Balaban J connectivity index is 3.03. The van der Waals surface area contributed by atoms with E-state index in [2.05, 4.69) is 0 Å². The summed E-state index contributed by atoms with van der Waals surface area (Å²) in [6.45, 7) is 7.90. The van der Waals surface area contributed by atoms with Crippen molar-refractivity contribution in [1.29, 1.82) is 0 Å². The van der Waals surface area contributed by atoms with Gasteiger partial charge < -0.3 is 10.6 Å². The molecule has 0 atom stereocenters. The number of carbonyl (C=O) groups is 1. The number of urea groups is 1. The fraction of sp³-hybridized carbons (Fsp3) is 0.667. The zero-order chi connectivity index (χ0) is 9.57. The van der Waals surface area contributed by atoms with Crippen molar-refractivity contribution < 1.29 is 4.79 Å². The van der Waals surface area contributed by atoms with Crippen LogP contribution in [0.4, 0.5) is 4.79 Å². The molecule has 1 aliphatic rings. The van der Waals surface area contributed by atoms with Crippen LogP contribution in [0.25, 0.3) is 0 Å². The molecule has 0 bridgehead atoms. The summed E-state index contributed by atoms with van der Waals surface area (Å²) in [7, 11) is 0. The summed E-state index contributed by atoms with van der Waals surface area (Å²) in [5.74, 6) is 0. The molecule has 68 valence electrons. The monoisotopic (exact) mass is 168 g/mol. The molecule has 1 heterocycles. The van der Waals surface area contributed by atoms with Gasteiger partial charge in [-0.25, -0.2) is 4.79 Å². The van der Waals surface area contributed by atoms with Crippen molar-refractivity contribution in [3.05, 3.63) is 12.2 Å². The summed E-state index contributed by atoms with van der Waals surface area (Å²) < 4.78 is 0. The summed E-state index contributed by atoms with van der Waals surface area (Å²) in [5, 5.41) is 0. The first-order chi connectivity index (χ1) is 5.27. The number of rotatable bonds is 0. The molecule has 1 rings (SSSR count). The Hall–Kier alpha value is -0.990. The largest absolute Gasteiger partial charge is 0.351 e. The molecular weight excluding hydrogens is 152 g/mol. The quantitative estimate of drug-likeness (QED) is 0.547. The van der Waals surface area contributed by atoms with Crippen LogP contribution in [0, 0.1) is 0 Å². The van der Waals surface area contributed by atoms with Crippen LogP contribution >= 0.6 is 0 Å². The normalized spacial score (nSPS) is 24.5. The molecule has 1 aliphatic heterocycles. The minimum Gasteiger partial charge on any atom is -0.351 e. The van der Waals surface area contributed by atoms with Gasteiger partial charge >= 0.3 is 6.03 Å². The number of hydrogen-bond donors (Lipinski definition) is 1. The summed E-state index contributed by atoms with van der Waals surface area (Å²) in [4.78, 5) is 12.8. The highest BCUT2D eigenvalue weighted by atomic mass is 16.2. The van der Waals surface area contributed by atoms with Gasteiger partial charge in [0, 0.05) is 0 Å². The Bertz CT molecular complexity index is 223. The summed E-state index contributed by atoms with van der Waals surface area (Å²) in [5.41, 5.74) is 4.79. The Labute approximate surface area is 73.2 Å². The first kappa shape index (κ1) is 9.10. The molecule has 0 saturated carbocycles. The Kier molecular flexibility index (Phi) is 1.71. The molecule has 0 aliphatic carbocycles. The highest BCUT2D eigenvalue weighted by molar-refractivity contribution is 5.75. The summed E-state index contributed by atoms with van der Waals surface area (Å²) in [6, 6.07) is -0.366. The molecule has 3 nitrogen and oxygen atoms in total. The van der Waals surface area contributed by atoms with Crippen LogP contribution in [0.2, 0.25) is 0 Å². The summed E-state index contributed by atoms with van der Waals surface area (Å²) in [6.07, 6.45) is 4.02. The molecule has 2 amide bonds. The van der Waals surface area contributed by atoms with Crippen LogP contribution < -0.4 is 5.73 Å². The summed E-state index contributed by atoms with van der Waals surface area (Å²) >= 11 is 0. The van der Waals surface area contributed by atoms with E-state index < -0.39 is 0 Å². The van der Waals surface area contributed by atoms with Crippen molar-refractivity contribution in [2.45, 2.75) is 38.8 Å². The fourth-order valence-corrected chi connectivity index (χ4v) is 1.87. The lowest BCUT2D eigenvalue weighted by Crippen LogP contribution is -2.54. The molecule has 2 N–H and O–H groups in total. The fourth-order valence-electron chi connectivity index (χ4n) is 1.87. The van der Waals surface area contributed by atoms with Gasteiger partial charge in [0.1, 0.15) is 0 Å². The Morgan fingerprint density at radius 3 is 1.67 bits per heavy atom. The smallest absolute Gasteiger partial charge is 0.316 e. The number of nitrogens with two attached hydrogens (primary N) is 1. The molecule has 0 aromatic heterocycles. The average molecular weight is 168 g/mol. The third kappa shape index (κ3) is 1.19. The Morgan fingerprint density at radius 2 is 1.50 bits per heavy atom. The van der Waals surface area contributed by atoms with E-state index in [0.29, 0.717) is 0 Å². The topological polar surface area (TPSA) is 46.3 Å². The molecule has 0 saturated heterocycles. The van der Waals surface area contributed by atoms with Gasteiger partial charge in [-0.15, -0.1) is 0 Å². The highest BCUT2D eigenvalue weighted by Crippen LogP contribution is 2.33. The van der Waals surface area contributed by atoms with Gasteiger partial charge in [0.2, 0.25) is 0 Å². The van der Waals surface area contributed by atoms with Crippen molar-refractivity contribution in [2.75, 3.05) is 0 Å². The maximum atomic E-state index is 11.1. The van der Waals surface area contributed by atoms with E-state index in [1.807, 2.05) is 39.8 Å². The lowest BCUT2D eigenvalue weighted by Gasteiger charge is -2.39. The van der Waals surface area contributed by atoms with E-state index in [0.717, 1.165) is 0 Å². The van der Waals surface area contributed by atoms with E-state index in [4.69, 9.17) is 5.73 Å². The van der Waals surface area contributed by atoms with E-state index in [1.165, 1.54) is 0 Å². The molecule has 0 unspecified atom stereocenters. The number of nitrogens with zero attached hydrogens (tertiary/aromatic N) is 1. The second kappa shape index (κ2) is 2.25. The van der Waals surface area contributed by atoms with Crippen molar-refractivity contribution in [3.63, 3.8) is 0 Å². The second-order valence-corrected chi connectivity index (χ2v) is 4.31. The molecule has 12 heavy (non-hydrogen) atoms. The van der Waals surface area contributed by atoms with E-state index in [9.17, 15) is 4.79 Å². The zero-order valence-corrected chi connectivity index (χ0v) is 8.09. The molecule has 0 aromatic rings. The van der Waals surface area contributed by atoms with Crippen molar-refractivity contribution in [2.24, 2.45) is 5.73 Å².